The van der Waals surface area contributed by atoms with Crippen molar-refractivity contribution in [2.45, 2.75) is 25.2 Å². The van der Waals surface area contributed by atoms with Crippen molar-refractivity contribution in [3.05, 3.63) is 47.5 Å². The Morgan fingerprint density at radius 2 is 2.32 bits per heavy atom. The lowest BCUT2D eigenvalue weighted by atomic mass is 10.2. The Hall–Kier alpha value is -1.86. The van der Waals surface area contributed by atoms with Crippen molar-refractivity contribution in [3.63, 3.8) is 0 Å². The first-order valence-electron chi connectivity index (χ1n) is 6.82. The van der Waals surface area contributed by atoms with Gasteiger partial charge in [0.25, 0.3) is 0 Å². The Morgan fingerprint density at radius 3 is 3.00 bits per heavy atom. The highest BCUT2D eigenvalue weighted by Crippen LogP contribution is 2.21. The van der Waals surface area contributed by atoms with Crippen LogP contribution in [0.4, 0.5) is 4.39 Å². The summed E-state index contributed by atoms with van der Waals surface area (Å²) < 4.78 is 19.9. The van der Waals surface area contributed by atoms with E-state index in [0.29, 0.717) is 24.0 Å². The van der Waals surface area contributed by atoms with Gasteiger partial charge in [0.05, 0.1) is 37.4 Å². The van der Waals surface area contributed by atoms with Crippen LogP contribution < -0.4 is 0 Å². The fraction of sp³-hybridized carbons (Fsp3) is 0.333. The maximum Gasteiger partial charge on any atom is 0.316 e. The van der Waals surface area contributed by atoms with Gasteiger partial charge in [0.15, 0.2) is 5.16 Å². The molecular weight excluding hydrogens is 307 g/mol. The first-order valence-corrected chi connectivity index (χ1v) is 7.80. The fourth-order valence-corrected chi connectivity index (χ4v) is 2.74. The fourth-order valence-electron chi connectivity index (χ4n) is 1.95. The average molecular weight is 324 g/mol. The molecule has 0 saturated carbocycles. The Labute approximate surface area is 132 Å². The minimum absolute atomic E-state index is 0.138. The Bertz CT molecular complexity index is 645. The number of esters is 1. The quantitative estimate of drug-likeness (QED) is 0.625. The molecule has 0 unspecified atom stereocenters. The predicted octanol–water partition coefficient (Wildman–Crippen LogP) is 2.22. The minimum atomic E-state index is -0.321. The maximum absolute atomic E-state index is 13.3. The van der Waals surface area contributed by atoms with Crippen LogP contribution in [0.3, 0.4) is 0 Å². The topological polar surface area (TPSA) is 64.3 Å². The zero-order valence-corrected chi connectivity index (χ0v) is 13.0. The molecule has 1 aromatic carbocycles. The minimum Gasteiger partial charge on any atom is -0.465 e. The number of carbonyl (C=O) groups is 1. The summed E-state index contributed by atoms with van der Waals surface area (Å²) in [4.78, 5) is 15.6. The van der Waals surface area contributed by atoms with Crippen LogP contribution in [0.5, 0.6) is 0 Å². The largest absolute Gasteiger partial charge is 0.465 e. The number of ether oxygens (including phenoxy) is 1. The van der Waals surface area contributed by atoms with Gasteiger partial charge in [0.1, 0.15) is 5.82 Å². The molecule has 0 amide bonds. The summed E-state index contributed by atoms with van der Waals surface area (Å²) in [5.74, 6) is -0.499. The van der Waals surface area contributed by atoms with Gasteiger partial charge in [-0.25, -0.2) is 9.37 Å². The van der Waals surface area contributed by atoms with E-state index in [0.717, 1.165) is 5.56 Å². The van der Waals surface area contributed by atoms with Gasteiger partial charge < -0.3 is 14.4 Å². The molecular formula is C15H17FN2O3S. The number of aliphatic hydroxyl groups excluding tert-OH is 1. The van der Waals surface area contributed by atoms with E-state index >= 15 is 0 Å². The van der Waals surface area contributed by atoms with E-state index in [4.69, 9.17) is 4.74 Å². The zero-order chi connectivity index (χ0) is 15.9. The number of rotatable bonds is 7. The van der Waals surface area contributed by atoms with Crippen LogP contribution in [-0.2, 0) is 22.7 Å². The molecule has 0 fully saturated rings. The van der Waals surface area contributed by atoms with Crippen molar-refractivity contribution in [2.24, 2.45) is 0 Å². The number of carbonyl (C=O) groups excluding carboxylic acids is 1. The van der Waals surface area contributed by atoms with Crippen molar-refractivity contribution in [1.82, 2.24) is 9.55 Å². The second kappa shape index (κ2) is 7.95. The molecule has 1 heterocycles. The van der Waals surface area contributed by atoms with Gasteiger partial charge in [-0.3, -0.25) is 4.79 Å². The van der Waals surface area contributed by atoms with E-state index in [1.54, 1.807) is 29.8 Å². The lowest BCUT2D eigenvalue weighted by molar-refractivity contribution is -0.139. The third kappa shape index (κ3) is 4.32. The molecule has 0 aliphatic heterocycles. The molecule has 0 radical (unpaired) electrons. The number of aliphatic hydroxyl groups is 1. The summed E-state index contributed by atoms with van der Waals surface area (Å²) in [5, 5.41) is 9.97. The second-order valence-electron chi connectivity index (χ2n) is 4.50. The summed E-state index contributed by atoms with van der Waals surface area (Å²) in [6, 6.07) is 6.23. The molecule has 2 aromatic rings. The van der Waals surface area contributed by atoms with E-state index in [9.17, 15) is 14.3 Å². The molecule has 0 bridgehead atoms. The number of nitrogens with zero attached hydrogens (tertiary/aromatic N) is 2. The molecule has 0 spiro atoms. The van der Waals surface area contributed by atoms with Crippen LogP contribution in [0, 0.1) is 5.82 Å². The number of hydrogen-bond acceptors (Lipinski definition) is 5. The summed E-state index contributed by atoms with van der Waals surface area (Å²) in [5.41, 5.74) is 1.36. The van der Waals surface area contributed by atoms with Crippen LogP contribution in [-0.4, -0.2) is 33.0 Å². The van der Waals surface area contributed by atoms with Gasteiger partial charge in [-0.2, -0.15) is 0 Å². The molecule has 2 rings (SSSR count). The molecule has 0 aliphatic rings. The highest BCUT2D eigenvalue weighted by molar-refractivity contribution is 7.99. The van der Waals surface area contributed by atoms with Gasteiger partial charge in [-0.1, -0.05) is 23.9 Å². The van der Waals surface area contributed by atoms with E-state index < -0.39 is 0 Å². The lowest BCUT2D eigenvalue weighted by Crippen LogP contribution is -2.10. The lowest BCUT2D eigenvalue weighted by Gasteiger charge is -2.10. The van der Waals surface area contributed by atoms with Crippen molar-refractivity contribution in [1.29, 1.82) is 0 Å². The smallest absolute Gasteiger partial charge is 0.316 e. The van der Waals surface area contributed by atoms with Gasteiger partial charge in [-0.15, -0.1) is 0 Å². The average Bonchev–Trinajstić information content (AvgIpc) is 2.87. The van der Waals surface area contributed by atoms with E-state index in [2.05, 4.69) is 4.98 Å². The highest BCUT2D eigenvalue weighted by atomic mass is 32.2. The second-order valence-corrected chi connectivity index (χ2v) is 5.44. The third-order valence-corrected chi connectivity index (χ3v) is 3.88. The normalized spacial score (nSPS) is 10.7. The third-order valence-electron chi connectivity index (χ3n) is 2.92. The van der Waals surface area contributed by atoms with E-state index in [1.165, 1.54) is 23.9 Å². The molecule has 118 valence electrons. The molecule has 0 aliphatic carbocycles. The molecule has 5 nitrogen and oxygen atoms in total. The van der Waals surface area contributed by atoms with Crippen molar-refractivity contribution >= 4 is 17.7 Å². The molecule has 1 N–H and O–H groups in total. The predicted molar refractivity (Wildman–Crippen MR) is 81.0 cm³/mol. The molecule has 7 heteroatoms. The highest BCUT2D eigenvalue weighted by Gasteiger charge is 2.13. The van der Waals surface area contributed by atoms with Crippen LogP contribution in [0.2, 0.25) is 0 Å². The van der Waals surface area contributed by atoms with Crippen LogP contribution in [0.25, 0.3) is 0 Å². The van der Waals surface area contributed by atoms with E-state index in [-0.39, 0.29) is 24.1 Å². The van der Waals surface area contributed by atoms with Gasteiger partial charge in [0, 0.05) is 0 Å². The summed E-state index contributed by atoms with van der Waals surface area (Å²) in [6.45, 7) is 2.28. The standard InChI is InChI=1S/C15H17FN2O3S/c1-2-21-14(20)10-22-15-17-7-13(9-19)18(15)8-11-4-3-5-12(16)6-11/h3-7,19H,2,8-10H2,1H3. The van der Waals surface area contributed by atoms with Crippen molar-refractivity contribution in [2.75, 3.05) is 12.4 Å². The first-order chi connectivity index (χ1) is 10.6. The molecule has 1 aromatic heterocycles. The Balaban J connectivity index is 2.14. The van der Waals surface area contributed by atoms with Crippen molar-refractivity contribution in [3.8, 4) is 0 Å². The van der Waals surface area contributed by atoms with Crippen LogP contribution in [0.15, 0.2) is 35.6 Å². The monoisotopic (exact) mass is 324 g/mol. The summed E-state index contributed by atoms with van der Waals surface area (Å²) in [7, 11) is 0. The molecule has 0 saturated heterocycles. The van der Waals surface area contributed by atoms with Crippen LogP contribution in [0.1, 0.15) is 18.2 Å². The number of benzene rings is 1. The number of imidazole rings is 1. The summed E-state index contributed by atoms with van der Waals surface area (Å²) in [6.07, 6.45) is 1.55. The number of aromatic nitrogens is 2. The molecule has 0 atom stereocenters. The van der Waals surface area contributed by atoms with Gasteiger partial charge in [-0.05, 0) is 24.6 Å². The number of hydrogen-bond donors (Lipinski definition) is 1. The summed E-state index contributed by atoms with van der Waals surface area (Å²) >= 11 is 1.23. The number of thioether (sulfide) groups is 1. The van der Waals surface area contributed by atoms with E-state index in [1.807, 2.05) is 0 Å². The Kier molecular flexibility index (Phi) is 5.97. The first kappa shape index (κ1) is 16.5. The SMILES string of the molecule is CCOC(=O)CSc1ncc(CO)n1Cc1cccc(F)c1. The number of halogens is 1. The van der Waals surface area contributed by atoms with Crippen LogP contribution >= 0.6 is 11.8 Å². The van der Waals surface area contributed by atoms with Gasteiger partial charge >= 0.3 is 5.97 Å². The van der Waals surface area contributed by atoms with Gasteiger partial charge in [0.2, 0.25) is 0 Å². The molecule has 22 heavy (non-hydrogen) atoms. The zero-order valence-electron chi connectivity index (χ0n) is 12.2. The van der Waals surface area contributed by atoms with Crippen molar-refractivity contribution < 1.29 is 19.0 Å². The maximum atomic E-state index is 13.3. The Morgan fingerprint density at radius 1 is 1.50 bits per heavy atom.